The average molecular weight is 128 g/mol. The van der Waals surface area contributed by atoms with Gasteiger partial charge in [0.2, 0.25) is 0 Å². The Morgan fingerprint density at radius 1 is 1.22 bits per heavy atom. The van der Waals surface area contributed by atoms with Gasteiger partial charge in [-0.1, -0.05) is 20.8 Å². The molecule has 0 saturated heterocycles. The summed E-state index contributed by atoms with van der Waals surface area (Å²) in [7, 11) is 0. The second-order valence-electron chi connectivity index (χ2n) is 2.38. The molecule has 0 aliphatic carbocycles. The van der Waals surface area contributed by atoms with Crippen LogP contribution in [0.15, 0.2) is 0 Å². The lowest BCUT2D eigenvalue weighted by Gasteiger charge is -2.17. The molecule has 0 aromatic heterocycles. The van der Waals surface area contributed by atoms with Crippen LogP contribution in [0.3, 0.4) is 0 Å². The van der Waals surface area contributed by atoms with Crippen molar-refractivity contribution in [2.75, 3.05) is 0 Å². The molecular weight excluding hydrogens is 110 g/mol. The average Bonchev–Trinajstić information content (AvgIpc) is 1.90. The summed E-state index contributed by atoms with van der Waals surface area (Å²) in [6, 6.07) is 0.347. The van der Waals surface area contributed by atoms with Crippen LogP contribution in [0.25, 0.3) is 0 Å². The summed E-state index contributed by atoms with van der Waals surface area (Å²) in [6.45, 7) is 6.48. The van der Waals surface area contributed by atoms with Crippen LogP contribution in [0.2, 0.25) is 0 Å². The van der Waals surface area contributed by atoms with E-state index in [1.165, 1.54) is 5.92 Å². The van der Waals surface area contributed by atoms with E-state index in [1.807, 2.05) is 0 Å². The van der Waals surface area contributed by atoms with Gasteiger partial charge in [0.1, 0.15) is 0 Å². The van der Waals surface area contributed by atoms with E-state index in [9.17, 15) is 0 Å². The van der Waals surface area contributed by atoms with Crippen molar-refractivity contribution in [3.63, 3.8) is 0 Å². The fourth-order valence-electron chi connectivity index (χ4n) is 1.06. The maximum Gasteiger partial charge on any atom is 0.00986 e. The quantitative estimate of drug-likeness (QED) is 0.616. The maximum atomic E-state index is 5.80. The normalized spacial score (nSPS) is 14.3. The van der Waals surface area contributed by atoms with Gasteiger partial charge in [0.15, 0.2) is 0 Å². The molecular formula is C8H18N. The minimum absolute atomic E-state index is 0.347. The summed E-state index contributed by atoms with van der Waals surface area (Å²) in [5.74, 6) is 1.50. The monoisotopic (exact) mass is 128 g/mol. The van der Waals surface area contributed by atoms with Crippen LogP contribution < -0.4 is 5.73 Å². The highest BCUT2D eigenvalue weighted by Crippen LogP contribution is 2.15. The number of nitrogens with two attached hydrogens (primary N) is 1. The smallest absolute Gasteiger partial charge is 0.00986 e. The Labute approximate surface area is 58.6 Å². The molecule has 0 aliphatic rings. The van der Waals surface area contributed by atoms with Crippen LogP contribution in [-0.4, -0.2) is 6.04 Å². The predicted molar refractivity (Wildman–Crippen MR) is 42.1 cm³/mol. The molecule has 0 aromatic carbocycles. The Morgan fingerprint density at radius 3 is 1.78 bits per heavy atom. The number of rotatable bonds is 4. The Kier molecular flexibility index (Phi) is 4.78. The van der Waals surface area contributed by atoms with Crippen molar-refractivity contribution >= 4 is 0 Å². The Balaban J connectivity index is 3.50. The molecule has 0 spiro atoms. The van der Waals surface area contributed by atoms with Crippen molar-refractivity contribution in [1.82, 2.24) is 0 Å². The molecule has 0 bridgehead atoms. The van der Waals surface area contributed by atoms with E-state index in [0.717, 1.165) is 19.3 Å². The summed E-state index contributed by atoms with van der Waals surface area (Å²) in [5.41, 5.74) is 5.80. The third-order valence-corrected chi connectivity index (χ3v) is 1.87. The van der Waals surface area contributed by atoms with Crippen LogP contribution >= 0.6 is 0 Å². The van der Waals surface area contributed by atoms with Gasteiger partial charge in [-0.2, -0.15) is 0 Å². The first kappa shape index (κ1) is 8.96. The molecule has 0 saturated carbocycles. The number of hydrogen-bond donors (Lipinski definition) is 1. The van der Waals surface area contributed by atoms with Crippen LogP contribution in [0.5, 0.6) is 0 Å². The molecule has 1 unspecified atom stereocenters. The molecule has 1 heteroatoms. The molecule has 0 rings (SSSR count). The predicted octanol–water partition coefficient (Wildman–Crippen LogP) is 2.12. The van der Waals surface area contributed by atoms with E-state index in [2.05, 4.69) is 20.8 Å². The Hall–Kier alpha value is -0.0400. The van der Waals surface area contributed by atoms with Crippen molar-refractivity contribution in [3.05, 3.63) is 5.92 Å². The van der Waals surface area contributed by atoms with Gasteiger partial charge >= 0.3 is 0 Å². The highest BCUT2D eigenvalue weighted by atomic mass is 14.6. The molecule has 1 nitrogen and oxygen atoms in total. The maximum absolute atomic E-state index is 5.80. The molecule has 55 valence electrons. The Bertz CT molecular complexity index is 57.6. The molecule has 1 radical (unpaired) electrons. The van der Waals surface area contributed by atoms with Gasteiger partial charge in [-0.05, 0) is 25.2 Å². The zero-order valence-electron chi connectivity index (χ0n) is 6.78. The minimum Gasteiger partial charge on any atom is -0.327 e. The van der Waals surface area contributed by atoms with Crippen LogP contribution in [-0.2, 0) is 0 Å². The molecule has 9 heavy (non-hydrogen) atoms. The second-order valence-corrected chi connectivity index (χ2v) is 2.38. The van der Waals surface area contributed by atoms with Crippen molar-refractivity contribution in [3.8, 4) is 0 Å². The molecule has 0 fully saturated rings. The lowest BCUT2D eigenvalue weighted by atomic mass is 9.93. The first-order valence-corrected chi connectivity index (χ1v) is 3.86. The van der Waals surface area contributed by atoms with Gasteiger partial charge in [-0.25, -0.2) is 0 Å². The molecule has 0 aromatic rings. The van der Waals surface area contributed by atoms with Gasteiger partial charge in [-0.3, -0.25) is 0 Å². The van der Waals surface area contributed by atoms with E-state index in [1.54, 1.807) is 0 Å². The van der Waals surface area contributed by atoms with Crippen molar-refractivity contribution in [1.29, 1.82) is 0 Å². The first-order chi connectivity index (χ1) is 4.26. The van der Waals surface area contributed by atoms with Gasteiger partial charge in [0.05, 0.1) is 0 Å². The van der Waals surface area contributed by atoms with Gasteiger partial charge in [0, 0.05) is 6.04 Å². The van der Waals surface area contributed by atoms with Gasteiger partial charge < -0.3 is 5.73 Å². The van der Waals surface area contributed by atoms with E-state index in [-0.39, 0.29) is 0 Å². The largest absolute Gasteiger partial charge is 0.327 e. The lowest BCUT2D eigenvalue weighted by molar-refractivity contribution is 0.591. The summed E-state index contributed by atoms with van der Waals surface area (Å²) < 4.78 is 0. The van der Waals surface area contributed by atoms with Gasteiger partial charge in [-0.15, -0.1) is 0 Å². The van der Waals surface area contributed by atoms with E-state index < -0.39 is 0 Å². The molecule has 2 N–H and O–H groups in total. The molecule has 0 aliphatic heterocycles. The minimum atomic E-state index is 0.347. The standard InChI is InChI=1S/C8H18N/c1-4-7(5-2)8(9)6-3/h8H,4-6,9H2,1-3H3. The van der Waals surface area contributed by atoms with Crippen LogP contribution in [0.4, 0.5) is 0 Å². The summed E-state index contributed by atoms with van der Waals surface area (Å²) in [6.07, 6.45) is 3.37. The van der Waals surface area contributed by atoms with E-state index in [4.69, 9.17) is 5.73 Å². The van der Waals surface area contributed by atoms with Crippen LogP contribution in [0, 0.1) is 5.92 Å². The third kappa shape index (κ3) is 2.85. The fraction of sp³-hybridized carbons (Fsp3) is 0.875. The summed E-state index contributed by atoms with van der Waals surface area (Å²) in [5, 5.41) is 0. The lowest BCUT2D eigenvalue weighted by Crippen LogP contribution is -2.26. The van der Waals surface area contributed by atoms with Crippen LogP contribution in [0.1, 0.15) is 40.0 Å². The second kappa shape index (κ2) is 4.80. The van der Waals surface area contributed by atoms with E-state index >= 15 is 0 Å². The zero-order valence-corrected chi connectivity index (χ0v) is 6.78. The highest BCUT2D eigenvalue weighted by molar-refractivity contribution is 4.96. The van der Waals surface area contributed by atoms with Gasteiger partial charge in [0.25, 0.3) is 0 Å². The van der Waals surface area contributed by atoms with Crippen molar-refractivity contribution < 1.29 is 0 Å². The summed E-state index contributed by atoms with van der Waals surface area (Å²) in [4.78, 5) is 0. The number of hydrogen-bond acceptors (Lipinski definition) is 1. The molecule has 0 heterocycles. The zero-order chi connectivity index (χ0) is 7.28. The first-order valence-electron chi connectivity index (χ1n) is 3.86. The molecule has 0 amide bonds. The fourth-order valence-corrected chi connectivity index (χ4v) is 1.06. The van der Waals surface area contributed by atoms with Crippen molar-refractivity contribution in [2.45, 2.75) is 46.1 Å². The highest BCUT2D eigenvalue weighted by Gasteiger charge is 2.10. The summed E-state index contributed by atoms with van der Waals surface area (Å²) >= 11 is 0. The van der Waals surface area contributed by atoms with E-state index in [0.29, 0.717) is 6.04 Å². The van der Waals surface area contributed by atoms with Crippen molar-refractivity contribution in [2.24, 2.45) is 5.73 Å². The molecule has 1 atom stereocenters. The third-order valence-electron chi connectivity index (χ3n) is 1.87. The SMILES string of the molecule is CC[C](CC)C(N)CC. The Morgan fingerprint density at radius 2 is 1.67 bits per heavy atom. The topological polar surface area (TPSA) is 26.0 Å².